The van der Waals surface area contributed by atoms with Crippen LogP contribution >= 0.6 is 0 Å². The van der Waals surface area contributed by atoms with Gasteiger partial charge in [-0.3, -0.25) is 4.74 Å². The molecule has 242 valence electrons. The molecular weight excluding hydrogens is 580 g/mol. The van der Waals surface area contributed by atoms with Crippen molar-refractivity contribution in [3.05, 3.63) is 0 Å². The van der Waals surface area contributed by atoms with Crippen LogP contribution in [0.4, 0.5) is 35.1 Å². The molecule has 0 aliphatic carbocycles. The molecule has 0 aromatic carbocycles. The Morgan fingerprint density at radius 3 is 1.57 bits per heavy atom. The Balaban J connectivity index is 4.05. The summed E-state index contributed by atoms with van der Waals surface area (Å²) >= 11 is 0. The van der Waals surface area contributed by atoms with Gasteiger partial charge in [0.2, 0.25) is 0 Å². The third-order valence-electron chi connectivity index (χ3n) is 4.04. The minimum absolute atomic E-state index is 0.0424. The van der Waals surface area contributed by atoms with Gasteiger partial charge in [0, 0.05) is 7.11 Å². The number of halogens is 8. The van der Waals surface area contributed by atoms with Crippen LogP contribution in [0.25, 0.3) is 0 Å². The Bertz CT molecular complexity index is 635. The van der Waals surface area contributed by atoms with Crippen molar-refractivity contribution in [1.82, 2.24) is 0 Å². The molecule has 11 nitrogen and oxygen atoms in total. The van der Waals surface area contributed by atoms with E-state index in [-0.39, 0.29) is 39.6 Å². The summed E-state index contributed by atoms with van der Waals surface area (Å²) in [6, 6.07) is 0. The van der Waals surface area contributed by atoms with Crippen LogP contribution in [0, 0.1) is 0 Å². The largest absolute Gasteiger partial charge is 0.394 e. The first kappa shape index (κ1) is 39.0. The van der Waals surface area contributed by atoms with Crippen LogP contribution in [0.3, 0.4) is 0 Å². The first-order valence-corrected chi connectivity index (χ1v) is 11.7. The molecule has 3 N–H and O–H groups in total. The summed E-state index contributed by atoms with van der Waals surface area (Å²) in [7, 11) is 0.897. The Morgan fingerprint density at radius 1 is 0.575 bits per heavy atom. The Kier molecular flexibility index (Phi) is 19.5. The van der Waals surface area contributed by atoms with Gasteiger partial charge in [-0.05, 0) is 0 Å². The average molecular weight is 616 g/mol. The van der Waals surface area contributed by atoms with Crippen LogP contribution in [0.5, 0.6) is 0 Å². The molecule has 0 amide bonds. The lowest BCUT2D eigenvalue weighted by Crippen LogP contribution is -2.40. The van der Waals surface area contributed by atoms with Crippen molar-refractivity contribution in [2.75, 3.05) is 93.2 Å². The second kappa shape index (κ2) is 20.0. The molecule has 0 saturated heterocycles. The van der Waals surface area contributed by atoms with Gasteiger partial charge in [0.05, 0.1) is 59.3 Å². The van der Waals surface area contributed by atoms with E-state index in [4.69, 9.17) is 19.3 Å². The molecule has 2 atom stereocenters. The number of alkyl halides is 8. The van der Waals surface area contributed by atoms with Crippen molar-refractivity contribution in [1.29, 1.82) is 0 Å². The number of rotatable bonds is 27. The highest BCUT2D eigenvalue weighted by Gasteiger charge is 2.45. The molecule has 2 unspecified atom stereocenters. The van der Waals surface area contributed by atoms with Crippen LogP contribution in [0.15, 0.2) is 0 Å². The Morgan fingerprint density at radius 2 is 1.02 bits per heavy atom. The summed E-state index contributed by atoms with van der Waals surface area (Å²) in [5.41, 5.74) is 0. The number of methoxy groups -OCH3 is 1. The van der Waals surface area contributed by atoms with E-state index in [1.165, 1.54) is 0 Å². The van der Waals surface area contributed by atoms with E-state index in [2.05, 4.69) is 23.7 Å². The van der Waals surface area contributed by atoms with E-state index in [0.717, 1.165) is 7.11 Å². The molecule has 0 saturated carbocycles. The summed E-state index contributed by atoms with van der Waals surface area (Å²) in [6.45, 7) is -9.35. The fraction of sp³-hybridized carbons (Fsp3) is 1.00. The van der Waals surface area contributed by atoms with E-state index in [0.29, 0.717) is 0 Å². The molecule has 40 heavy (non-hydrogen) atoms. The van der Waals surface area contributed by atoms with Gasteiger partial charge in [0.15, 0.2) is 0 Å². The van der Waals surface area contributed by atoms with Gasteiger partial charge in [-0.2, -0.15) is 17.6 Å². The summed E-state index contributed by atoms with van der Waals surface area (Å²) in [5, 5.41) is 27.5. The molecule has 0 aliphatic rings. The van der Waals surface area contributed by atoms with Crippen LogP contribution < -0.4 is 0 Å². The highest BCUT2D eigenvalue weighted by atomic mass is 19.3. The minimum atomic E-state index is -4.55. The molecular formula is C21H36F8O11. The van der Waals surface area contributed by atoms with Gasteiger partial charge >= 0.3 is 12.2 Å². The minimum Gasteiger partial charge on any atom is -0.394 e. The molecule has 19 heteroatoms. The summed E-state index contributed by atoms with van der Waals surface area (Å²) in [4.78, 5) is 0. The lowest BCUT2D eigenvalue weighted by atomic mass is 10.1. The molecule has 0 rings (SSSR count). The van der Waals surface area contributed by atoms with E-state index < -0.39 is 89.1 Å². The lowest BCUT2D eigenvalue weighted by Gasteiger charge is -2.24. The number of aliphatic hydroxyl groups is 3. The van der Waals surface area contributed by atoms with Crippen molar-refractivity contribution in [2.45, 2.75) is 42.7 Å². The fourth-order valence-corrected chi connectivity index (χ4v) is 2.62. The van der Waals surface area contributed by atoms with Crippen LogP contribution in [0.2, 0.25) is 0 Å². The second-order valence-corrected chi connectivity index (χ2v) is 8.28. The van der Waals surface area contributed by atoms with Crippen molar-refractivity contribution in [3.63, 3.8) is 0 Å². The molecule has 0 aromatic heterocycles. The fourth-order valence-electron chi connectivity index (χ4n) is 2.62. The number of ether oxygens (including phenoxy) is 8. The first-order chi connectivity index (χ1) is 18.5. The normalized spacial score (nSPS) is 15.0. The average Bonchev–Trinajstić information content (AvgIpc) is 2.79. The van der Waals surface area contributed by atoms with Crippen molar-refractivity contribution < 1.29 is 88.3 Å². The van der Waals surface area contributed by atoms with E-state index in [9.17, 15) is 45.3 Å². The SMILES string of the molecule is COCC(F)(F)CC(F)(F)COCC(O)COCC(F)(F)OC(F)(F)COCOCCOCC(O)COCCO. The van der Waals surface area contributed by atoms with Gasteiger partial charge < -0.3 is 48.5 Å². The highest BCUT2D eigenvalue weighted by Crippen LogP contribution is 2.31. The topological polar surface area (TPSA) is 135 Å². The molecule has 0 aliphatic heterocycles. The standard InChI is InChI=1S/C21H36F8O11/c1-33-11-18(22,23)10-19(24,25)12-37-8-17(32)9-38-13-20(26,27)40-21(28,29)14-39-15-36-5-4-35-7-16(31)6-34-3-2-30/h16-17,30-32H,2-15H2,1H3. The quantitative estimate of drug-likeness (QED) is 0.0700. The zero-order valence-electron chi connectivity index (χ0n) is 21.7. The van der Waals surface area contributed by atoms with Gasteiger partial charge in [0.25, 0.3) is 11.8 Å². The number of aliphatic hydroxyl groups excluding tert-OH is 3. The van der Waals surface area contributed by atoms with Crippen molar-refractivity contribution in [3.8, 4) is 0 Å². The zero-order valence-corrected chi connectivity index (χ0v) is 21.7. The highest BCUT2D eigenvalue weighted by molar-refractivity contribution is 4.77. The molecule has 0 heterocycles. The van der Waals surface area contributed by atoms with E-state index >= 15 is 0 Å². The Hall–Kier alpha value is -1.00. The molecule has 0 spiro atoms. The molecule has 0 radical (unpaired) electrons. The van der Waals surface area contributed by atoms with Gasteiger partial charge in [-0.15, -0.1) is 0 Å². The number of hydrogen-bond donors (Lipinski definition) is 3. The predicted octanol–water partition coefficient (Wildman–Crippen LogP) is 1.27. The predicted molar refractivity (Wildman–Crippen MR) is 117 cm³/mol. The lowest BCUT2D eigenvalue weighted by molar-refractivity contribution is -0.396. The van der Waals surface area contributed by atoms with Gasteiger partial charge in [0.1, 0.15) is 45.4 Å². The molecule has 0 aromatic rings. The summed E-state index contributed by atoms with van der Waals surface area (Å²) < 4.78 is 143. The third kappa shape index (κ3) is 22.7. The van der Waals surface area contributed by atoms with Crippen molar-refractivity contribution in [2.24, 2.45) is 0 Å². The zero-order chi connectivity index (χ0) is 30.7. The summed E-state index contributed by atoms with van der Waals surface area (Å²) in [6.07, 6.45) is -13.7. The summed E-state index contributed by atoms with van der Waals surface area (Å²) in [5.74, 6) is -7.83. The maximum absolute atomic E-state index is 13.6. The number of hydrogen-bond acceptors (Lipinski definition) is 11. The Labute approximate surface area is 225 Å². The third-order valence-corrected chi connectivity index (χ3v) is 4.04. The maximum atomic E-state index is 13.6. The first-order valence-electron chi connectivity index (χ1n) is 11.7. The van der Waals surface area contributed by atoms with E-state index in [1.807, 2.05) is 0 Å². The van der Waals surface area contributed by atoms with Crippen LogP contribution in [0.1, 0.15) is 6.42 Å². The monoisotopic (exact) mass is 616 g/mol. The maximum Gasteiger partial charge on any atom is 0.383 e. The van der Waals surface area contributed by atoms with E-state index in [1.54, 1.807) is 0 Å². The van der Waals surface area contributed by atoms with Crippen LogP contribution in [-0.4, -0.2) is 145 Å². The van der Waals surface area contributed by atoms with Crippen molar-refractivity contribution >= 4 is 0 Å². The van der Waals surface area contributed by atoms with Crippen LogP contribution in [-0.2, 0) is 37.9 Å². The van der Waals surface area contributed by atoms with Gasteiger partial charge in [-0.25, -0.2) is 17.6 Å². The molecule has 0 bridgehead atoms. The molecule has 0 fully saturated rings. The smallest absolute Gasteiger partial charge is 0.383 e. The second-order valence-electron chi connectivity index (χ2n) is 8.28. The van der Waals surface area contributed by atoms with Gasteiger partial charge in [-0.1, -0.05) is 0 Å².